The number of benzene rings is 1. The van der Waals surface area contributed by atoms with Crippen molar-refractivity contribution in [3.8, 4) is 6.07 Å². The summed E-state index contributed by atoms with van der Waals surface area (Å²) < 4.78 is 0. The van der Waals surface area contributed by atoms with E-state index < -0.39 is 0 Å². The highest BCUT2D eigenvalue weighted by Gasteiger charge is 2.18. The normalized spacial score (nSPS) is 11.7. The van der Waals surface area contributed by atoms with E-state index in [-0.39, 0.29) is 17.0 Å². The van der Waals surface area contributed by atoms with Crippen molar-refractivity contribution in [2.24, 2.45) is 0 Å². The SMILES string of the molecule is CCN(/C=C(/C#N)C(=O)NC(C)(C)C)c1ccccc1. The number of para-hydroxylation sites is 1. The molecule has 20 heavy (non-hydrogen) atoms. The molecule has 0 fully saturated rings. The summed E-state index contributed by atoms with van der Waals surface area (Å²) in [6.07, 6.45) is 1.59. The lowest BCUT2D eigenvalue weighted by molar-refractivity contribution is -0.118. The largest absolute Gasteiger partial charge is 0.347 e. The van der Waals surface area contributed by atoms with E-state index >= 15 is 0 Å². The molecule has 0 aliphatic heterocycles. The molecular weight excluding hydrogens is 250 g/mol. The molecule has 1 rings (SSSR count). The Morgan fingerprint density at radius 3 is 2.40 bits per heavy atom. The monoisotopic (exact) mass is 271 g/mol. The maximum atomic E-state index is 12.0. The van der Waals surface area contributed by atoms with Crippen molar-refractivity contribution in [2.45, 2.75) is 33.2 Å². The third-order valence-electron chi connectivity index (χ3n) is 2.57. The summed E-state index contributed by atoms with van der Waals surface area (Å²) in [7, 11) is 0. The van der Waals surface area contributed by atoms with Gasteiger partial charge < -0.3 is 10.2 Å². The highest BCUT2D eigenvalue weighted by molar-refractivity contribution is 5.98. The second kappa shape index (κ2) is 6.76. The lowest BCUT2D eigenvalue weighted by Gasteiger charge is -2.22. The van der Waals surface area contributed by atoms with Crippen LogP contribution in [0.3, 0.4) is 0 Å². The molecule has 0 saturated heterocycles. The molecule has 4 nitrogen and oxygen atoms in total. The van der Waals surface area contributed by atoms with Crippen LogP contribution in [-0.2, 0) is 4.79 Å². The van der Waals surface area contributed by atoms with Crippen LogP contribution in [0.2, 0.25) is 0 Å². The van der Waals surface area contributed by atoms with E-state index in [1.807, 2.05) is 69.0 Å². The van der Waals surface area contributed by atoms with E-state index in [0.717, 1.165) is 5.69 Å². The first-order valence-electron chi connectivity index (χ1n) is 6.63. The fourth-order valence-corrected chi connectivity index (χ4v) is 1.67. The smallest absolute Gasteiger partial charge is 0.263 e. The molecule has 1 amide bonds. The number of nitrogens with zero attached hydrogens (tertiary/aromatic N) is 2. The Labute approximate surface area is 120 Å². The lowest BCUT2D eigenvalue weighted by atomic mass is 10.1. The lowest BCUT2D eigenvalue weighted by Crippen LogP contribution is -2.41. The van der Waals surface area contributed by atoms with Crippen LogP contribution >= 0.6 is 0 Å². The molecule has 106 valence electrons. The molecule has 0 unspecified atom stereocenters. The van der Waals surface area contributed by atoms with Crippen LogP contribution in [0.15, 0.2) is 42.1 Å². The fourth-order valence-electron chi connectivity index (χ4n) is 1.67. The topological polar surface area (TPSA) is 56.1 Å². The number of anilines is 1. The van der Waals surface area contributed by atoms with Crippen LogP contribution in [0.25, 0.3) is 0 Å². The van der Waals surface area contributed by atoms with Crippen LogP contribution in [-0.4, -0.2) is 18.0 Å². The first-order chi connectivity index (χ1) is 9.37. The summed E-state index contributed by atoms with van der Waals surface area (Å²) in [5.74, 6) is -0.352. The van der Waals surface area contributed by atoms with Crippen molar-refractivity contribution in [1.29, 1.82) is 5.26 Å². The first kappa shape index (κ1) is 15.8. The molecule has 0 bridgehead atoms. The molecule has 0 saturated carbocycles. The van der Waals surface area contributed by atoms with Gasteiger partial charge in [0.2, 0.25) is 0 Å². The van der Waals surface area contributed by atoms with Gasteiger partial charge in [-0.25, -0.2) is 0 Å². The molecule has 0 heterocycles. The summed E-state index contributed by atoms with van der Waals surface area (Å²) in [6, 6.07) is 11.6. The van der Waals surface area contributed by atoms with Gasteiger partial charge in [-0.15, -0.1) is 0 Å². The van der Waals surface area contributed by atoms with Gasteiger partial charge in [-0.1, -0.05) is 18.2 Å². The van der Waals surface area contributed by atoms with Crippen molar-refractivity contribution in [3.63, 3.8) is 0 Å². The van der Waals surface area contributed by atoms with Crippen LogP contribution in [0.1, 0.15) is 27.7 Å². The molecule has 1 aromatic carbocycles. The summed E-state index contributed by atoms with van der Waals surface area (Å²) in [5.41, 5.74) is 0.688. The maximum absolute atomic E-state index is 12.0. The predicted octanol–water partition coefficient (Wildman–Crippen LogP) is 2.84. The third kappa shape index (κ3) is 4.77. The van der Waals surface area contributed by atoms with E-state index in [1.165, 1.54) is 0 Å². The number of amides is 1. The van der Waals surface area contributed by atoms with Crippen LogP contribution < -0.4 is 10.2 Å². The first-order valence-corrected chi connectivity index (χ1v) is 6.63. The zero-order valence-electron chi connectivity index (χ0n) is 12.5. The average molecular weight is 271 g/mol. The Hall–Kier alpha value is -2.28. The number of hydrogen-bond acceptors (Lipinski definition) is 3. The van der Waals surface area contributed by atoms with Gasteiger partial charge in [0, 0.05) is 24.0 Å². The summed E-state index contributed by atoms with van der Waals surface area (Å²) in [5, 5.41) is 12.0. The maximum Gasteiger partial charge on any atom is 0.263 e. The van der Waals surface area contributed by atoms with E-state index in [4.69, 9.17) is 0 Å². The predicted molar refractivity (Wildman–Crippen MR) is 81.1 cm³/mol. The minimum absolute atomic E-state index is 0.102. The van der Waals surface area contributed by atoms with Gasteiger partial charge in [-0.3, -0.25) is 4.79 Å². The molecule has 0 aliphatic carbocycles. The van der Waals surface area contributed by atoms with Gasteiger partial charge >= 0.3 is 0 Å². The second-order valence-corrected chi connectivity index (χ2v) is 5.48. The summed E-state index contributed by atoms with van der Waals surface area (Å²) >= 11 is 0. The van der Waals surface area contributed by atoms with Crippen molar-refractivity contribution < 1.29 is 4.79 Å². The van der Waals surface area contributed by atoms with Crippen molar-refractivity contribution in [1.82, 2.24) is 5.32 Å². The summed E-state index contributed by atoms with van der Waals surface area (Å²) in [4.78, 5) is 13.9. The summed E-state index contributed by atoms with van der Waals surface area (Å²) in [6.45, 7) is 8.30. The molecule has 0 aliphatic rings. The number of nitrogens with one attached hydrogen (secondary N) is 1. The fraction of sp³-hybridized carbons (Fsp3) is 0.375. The quantitative estimate of drug-likeness (QED) is 0.676. The number of rotatable bonds is 4. The molecule has 1 N–H and O–H groups in total. The van der Waals surface area contributed by atoms with Crippen LogP contribution in [0.4, 0.5) is 5.69 Å². The molecular formula is C16H21N3O. The zero-order valence-corrected chi connectivity index (χ0v) is 12.5. The standard InChI is InChI=1S/C16H21N3O/c1-5-19(14-9-7-6-8-10-14)12-13(11-17)15(20)18-16(2,3)4/h6-10,12H,5H2,1-4H3,(H,18,20)/b13-12-. The zero-order chi connectivity index (χ0) is 15.2. The van der Waals surface area contributed by atoms with E-state index in [9.17, 15) is 10.1 Å². The van der Waals surface area contributed by atoms with Crippen LogP contribution in [0.5, 0.6) is 0 Å². The second-order valence-electron chi connectivity index (χ2n) is 5.48. The number of nitriles is 1. The number of hydrogen-bond donors (Lipinski definition) is 1. The van der Waals surface area contributed by atoms with E-state index in [1.54, 1.807) is 6.20 Å². The Bertz CT molecular complexity index is 521. The van der Waals surface area contributed by atoms with Gasteiger partial charge in [0.05, 0.1) is 0 Å². The molecule has 0 spiro atoms. The Balaban J connectivity index is 2.98. The third-order valence-corrected chi connectivity index (χ3v) is 2.57. The van der Waals surface area contributed by atoms with E-state index in [0.29, 0.717) is 6.54 Å². The molecule has 0 aromatic heterocycles. The van der Waals surface area contributed by atoms with Gasteiger partial charge in [0.15, 0.2) is 0 Å². The van der Waals surface area contributed by atoms with Gasteiger partial charge in [-0.2, -0.15) is 5.26 Å². The van der Waals surface area contributed by atoms with Crippen molar-refractivity contribution >= 4 is 11.6 Å². The van der Waals surface area contributed by atoms with Crippen molar-refractivity contribution in [2.75, 3.05) is 11.4 Å². The highest BCUT2D eigenvalue weighted by atomic mass is 16.1. The van der Waals surface area contributed by atoms with Gasteiger partial charge in [0.25, 0.3) is 5.91 Å². The van der Waals surface area contributed by atoms with Gasteiger partial charge in [-0.05, 0) is 39.8 Å². The molecule has 0 atom stereocenters. The number of carbonyl (C=O) groups excluding carboxylic acids is 1. The van der Waals surface area contributed by atoms with Crippen LogP contribution in [0, 0.1) is 11.3 Å². The van der Waals surface area contributed by atoms with E-state index in [2.05, 4.69) is 5.32 Å². The van der Waals surface area contributed by atoms with Gasteiger partial charge in [0.1, 0.15) is 11.6 Å². The minimum atomic E-state index is -0.364. The molecule has 4 heteroatoms. The van der Waals surface area contributed by atoms with Crippen molar-refractivity contribution in [3.05, 3.63) is 42.1 Å². The average Bonchev–Trinajstić information content (AvgIpc) is 2.39. The highest BCUT2D eigenvalue weighted by Crippen LogP contribution is 2.14. The number of carbonyl (C=O) groups is 1. The Morgan fingerprint density at radius 2 is 1.95 bits per heavy atom. The Kier molecular flexibility index (Phi) is 5.33. The Morgan fingerprint density at radius 1 is 1.35 bits per heavy atom. The molecule has 0 radical (unpaired) electrons. The molecule has 1 aromatic rings. The minimum Gasteiger partial charge on any atom is -0.347 e.